The smallest absolute Gasteiger partial charge is 0.391 e. The van der Waals surface area contributed by atoms with Crippen molar-refractivity contribution in [2.45, 2.75) is 86.9 Å². The number of rotatable bonds is 14. The summed E-state index contributed by atoms with van der Waals surface area (Å²) in [5.74, 6) is -47.3. The van der Waals surface area contributed by atoms with Crippen molar-refractivity contribution in [3.8, 4) is 0 Å². The van der Waals surface area contributed by atoms with E-state index in [0.717, 1.165) is 13.8 Å². The third kappa shape index (κ3) is 5.26. The van der Waals surface area contributed by atoms with Crippen molar-refractivity contribution in [1.29, 1.82) is 0 Å². The van der Waals surface area contributed by atoms with Crippen LogP contribution in [0.5, 0.6) is 0 Å². The maximum absolute atomic E-state index is 14.6. The fraction of sp³-hybridized carbons (Fsp3) is 1.00. The van der Waals surface area contributed by atoms with Crippen LogP contribution in [0.15, 0.2) is 0 Å². The molecule has 2 nitrogen and oxygen atoms in total. The van der Waals surface area contributed by atoms with Crippen LogP contribution in [-0.2, 0) is 8.85 Å². The van der Waals surface area contributed by atoms with Gasteiger partial charge in [0.15, 0.2) is 0 Å². The molecule has 0 aliphatic heterocycles. The fourth-order valence-electron chi connectivity index (χ4n) is 2.83. The summed E-state index contributed by atoms with van der Waals surface area (Å²) in [4.78, 5) is 0. The molecular weight excluding hydrogens is 575 g/mol. The van der Waals surface area contributed by atoms with Crippen molar-refractivity contribution in [3.63, 3.8) is 0 Å². The molecular formula is C16H19F17O2Si. The van der Waals surface area contributed by atoms with Crippen LogP contribution >= 0.6 is 0 Å². The topological polar surface area (TPSA) is 18.5 Å². The van der Waals surface area contributed by atoms with Gasteiger partial charge in [-0.2, -0.15) is 74.6 Å². The summed E-state index contributed by atoms with van der Waals surface area (Å²) >= 11 is 0. The van der Waals surface area contributed by atoms with E-state index in [9.17, 15) is 74.6 Å². The van der Waals surface area contributed by atoms with Gasteiger partial charge in [0.05, 0.1) is 0 Å². The quantitative estimate of drug-likeness (QED) is 0.151. The third-order valence-corrected chi connectivity index (χ3v) is 8.56. The second kappa shape index (κ2) is 10.3. The standard InChI is InChI=1S/C16H19F17O2Si/c1-4-34-36(6-3,35-5-2)16(32,33)15(30,31)14(28,29)13(26,27)12(24,25)11(22,23)9(17,18)7-8-10(19,20)21/h4-8H2,1-3H3. The van der Waals surface area contributed by atoms with E-state index in [1.165, 1.54) is 0 Å². The minimum atomic E-state index is -8.38. The Bertz CT molecular complexity index is 729. The van der Waals surface area contributed by atoms with Crippen LogP contribution in [0, 0.1) is 0 Å². The van der Waals surface area contributed by atoms with Gasteiger partial charge in [-0.05, 0) is 19.9 Å². The fourth-order valence-corrected chi connectivity index (χ4v) is 5.69. The minimum Gasteiger partial charge on any atom is -0.391 e. The first kappa shape index (κ1) is 34.9. The molecule has 0 amide bonds. The molecule has 0 rings (SSSR count). The lowest BCUT2D eigenvalue weighted by atomic mass is 9.90. The molecule has 0 fully saturated rings. The molecule has 0 aromatic heterocycles. The summed E-state index contributed by atoms with van der Waals surface area (Å²) in [5.41, 5.74) is -6.57. The molecule has 36 heavy (non-hydrogen) atoms. The average molecular weight is 594 g/mol. The van der Waals surface area contributed by atoms with Crippen molar-refractivity contribution in [2.75, 3.05) is 13.2 Å². The molecule has 0 aromatic rings. The number of hydrogen-bond acceptors (Lipinski definition) is 2. The Labute approximate surface area is 193 Å². The summed E-state index contributed by atoms with van der Waals surface area (Å²) in [6.07, 6.45) is -12.1. The lowest BCUT2D eigenvalue weighted by Crippen LogP contribution is -2.77. The van der Waals surface area contributed by atoms with Gasteiger partial charge >= 0.3 is 55.8 Å². The highest BCUT2D eigenvalue weighted by atomic mass is 28.4. The van der Waals surface area contributed by atoms with Gasteiger partial charge < -0.3 is 8.85 Å². The van der Waals surface area contributed by atoms with Gasteiger partial charge in [0.1, 0.15) is 0 Å². The maximum atomic E-state index is 14.6. The van der Waals surface area contributed by atoms with E-state index in [2.05, 4.69) is 8.85 Å². The van der Waals surface area contributed by atoms with Crippen LogP contribution < -0.4 is 0 Å². The molecule has 0 radical (unpaired) electrons. The Morgan fingerprint density at radius 3 is 1.11 bits per heavy atom. The summed E-state index contributed by atoms with van der Waals surface area (Å²) in [7, 11) is -6.10. The highest BCUT2D eigenvalue weighted by molar-refractivity contribution is 6.70. The Morgan fingerprint density at radius 1 is 0.472 bits per heavy atom. The van der Waals surface area contributed by atoms with Gasteiger partial charge in [-0.1, -0.05) is 6.92 Å². The van der Waals surface area contributed by atoms with Crippen LogP contribution in [0.2, 0.25) is 6.04 Å². The summed E-state index contributed by atoms with van der Waals surface area (Å²) < 4.78 is 240. The minimum absolute atomic E-state index is 0.571. The van der Waals surface area contributed by atoms with E-state index in [0.29, 0.717) is 6.92 Å². The zero-order valence-electron chi connectivity index (χ0n) is 18.3. The van der Waals surface area contributed by atoms with Gasteiger partial charge in [0.2, 0.25) is 0 Å². The lowest BCUT2D eigenvalue weighted by Gasteiger charge is -2.45. The zero-order valence-corrected chi connectivity index (χ0v) is 19.3. The second-order valence-electron chi connectivity index (χ2n) is 7.24. The second-order valence-corrected chi connectivity index (χ2v) is 10.7. The normalized spacial score (nSPS) is 16.0. The first-order valence-corrected chi connectivity index (χ1v) is 11.7. The van der Waals surface area contributed by atoms with Crippen molar-refractivity contribution in [2.24, 2.45) is 0 Å². The highest BCUT2D eigenvalue weighted by Gasteiger charge is 2.94. The molecule has 218 valence electrons. The molecule has 0 bridgehead atoms. The summed E-state index contributed by atoms with van der Waals surface area (Å²) in [5, 5.41) is 0. The lowest BCUT2D eigenvalue weighted by molar-refractivity contribution is -0.438. The Hall–Kier alpha value is -1.05. The van der Waals surface area contributed by atoms with Gasteiger partial charge in [-0.3, -0.25) is 0 Å². The van der Waals surface area contributed by atoms with Gasteiger partial charge in [-0.25, -0.2) is 0 Å². The van der Waals surface area contributed by atoms with Crippen LogP contribution in [0.25, 0.3) is 0 Å². The molecule has 0 aliphatic rings. The Kier molecular flexibility index (Phi) is 9.95. The van der Waals surface area contributed by atoms with Crippen molar-refractivity contribution in [1.82, 2.24) is 0 Å². The van der Waals surface area contributed by atoms with E-state index < -0.39 is 87.9 Å². The maximum Gasteiger partial charge on any atom is 0.421 e. The van der Waals surface area contributed by atoms with Crippen molar-refractivity contribution < 1.29 is 83.5 Å². The first-order chi connectivity index (χ1) is 15.6. The molecule has 0 atom stereocenters. The van der Waals surface area contributed by atoms with E-state index >= 15 is 0 Å². The Balaban J connectivity index is 6.85. The Morgan fingerprint density at radius 2 is 0.806 bits per heavy atom. The number of hydrogen-bond donors (Lipinski definition) is 0. The molecule has 0 aromatic carbocycles. The van der Waals surface area contributed by atoms with Crippen LogP contribution in [0.1, 0.15) is 33.6 Å². The molecule has 0 saturated heterocycles. The van der Waals surface area contributed by atoms with E-state index in [1.807, 2.05) is 0 Å². The molecule has 0 N–H and O–H groups in total. The SMILES string of the molecule is CCO[Si](CC)(OCC)C(F)(F)C(F)(F)C(F)(F)C(F)(F)C(F)(F)C(F)(F)C(F)(F)CCC(F)(F)F. The largest absolute Gasteiger partial charge is 0.421 e. The first-order valence-electron chi connectivity index (χ1n) is 9.63. The van der Waals surface area contributed by atoms with Crippen molar-refractivity contribution in [3.05, 3.63) is 0 Å². The van der Waals surface area contributed by atoms with E-state index in [4.69, 9.17) is 0 Å². The zero-order chi connectivity index (χ0) is 29.4. The molecule has 0 heterocycles. The van der Waals surface area contributed by atoms with Crippen LogP contribution in [0.3, 0.4) is 0 Å². The highest BCUT2D eigenvalue weighted by Crippen LogP contribution is 2.64. The van der Waals surface area contributed by atoms with E-state index in [-0.39, 0.29) is 0 Å². The average Bonchev–Trinajstić information content (AvgIpc) is 2.70. The molecule has 0 aliphatic carbocycles. The predicted molar refractivity (Wildman–Crippen MR) is 89.4 cm³/mol. The van der Waals surface area contributed by atoms with Crippen LogP contribution in [0.4, 0.5) is 74.6 Å². The number of alkyl halides is 17. The predicted octanol–water partition coefficient (Wildman–Crippen LogP) is 7.85. The summed E-state index contributed by atoms with van der Waals surface area (Å²) in [6.45, 7) is 0.243. The summed E-state index contributed by atoms with van der Waals surface area (Å²) in [6, 6.07) is -1.40. The van der Waals surface area contributed by atoms with Gasteiger partial charge in [0, 0.05) is 26.1 Å². The monoisotopic (exact) mass is 594 g/mol. The molecule has 0 spiro atoms. The van der Waals surface area contributed by atoms with Gasteiger partial charge in [-0.15, -0.1) is 0 Å². The number of halogens is 17. The molecule has 20 heteroatoms. The molecule has 0 unspecified atom stereocenters. The third-order valence-electron chi connectivity index (χ3n) is 4.85. The van der Waals surface area contributed by atoms with Crippen LogP contribution in [-0.4, -0.2) is 69.0 Å². The molecule has 0 saturated carbocycles. The van der Waals surface area contributed by atoms with Gasteiger partial charge in [0.25, 0.3) is 0 Å². The van der Waals surface area contributed by atoms with E-state index in [1.54, 1.807) is 0 Å². The van der Waals surface area contributed by atoms with Crippen molar-refractivity contribution >= 4 is 8.56 Å².